The normalized spacial score (nSPS) is 11.9. The summed E-state index contributed by atoms with van der Waals surface area (Å²) in [5, 5.41) is 5.55. The quantitative estimate of drug-likeness (QED) is 0.114. The van der Waals surface area contributed by atoms with Gasteiger partial charge in [-0.1, -0.05) is 54.0 Å². The number of benzene rings is 3. The number of rotatable bonds is 9. The van der Waals surface area contributed by atoms with Gasteiger partial charge in [0, 0.05) is 14.3 Å². The molecule has 4 aromatic rings. The van der Waals surface area contributed by atoms with Crippen molar-refractivity contribution >= 4 is 60.5 Å². The number of methoxy groups -OCH3 is 1. The van der Waals surface area contributed by atoms with Crippen molar-refractivity contribution < 1.29 is 9.47 Å². The molecule has 0 radical (unpaired) electrons. The molecule has 0 unspecified atom stereocenters. The van der Waals surface area contributed by atoms with Crippen LogP contribution in [0, 0.1) is 12.8 Å². The monoisotopic (exact) mass is 636 g/mol. The molecule has 0 saturated heterocycles. The number of hydrazone groups is 1. The maximum absolute atomic E-state index is 5.91. The molecule has 8 heteroatoms. The van der Waals surface area contributed by atoms with Crippen LogP contribution in [0.1, 0.15) is 37.1 Å². The largest absolute Gasteiger partial charge is 0.493 e. The van der Waals surface area contributed by atoms with Gasteiger partial charge in [0.05, 0.1) is 31.1 Å². The molecule has 1 aromatic heterocycles. The summed E-state index contributed by atoms with van der Waals surface area (Å²) in [7, 11) is 1.64. The van der Waals surface area contributed by atoms with E-state index in [1.807, 2.05) is 73.7 Å². The molecule has 1 N–H and O–H groups in total. The number of aromatic nitrogens is 1. The lowest BCUT2D eigenvalue weighted by molar-refractivity contribution is 0.273. The van der Waals surface area contributed by atoms with Gasteiger partial charge in [0.25, 0.3) is 0 Å². The first-order valence-electron chi connectivity index (χ1n) is 12.3. The summed E-state index contributed by atoms with van der Waals surface area (Å²) >= 11 is 7.18. The fourth-order valence-corrected chi connectivity index (χ4v) is 5.27. The highest BCUT2D eigenvalue weighted by atomic mass is 79.9. The summed E-state index contributed by atoms with van der Waals surface area (Å²) in [4.78, 5) is 9.75. The van der Waals surface area contributed by atoms with E-state index in [-0.39, 0.29) is 0 Å². The first-order valence-corrected chi connectivity index (χ1v) is 13.9. The Hall–Kier alpha value is -3.23. The second-order valence-corrected chi connectivity index (χ2v) is 11.0. The number of nitrogens with one attached hydrogen (secondary N) is 1. The second-order valence-electron chi connectivity index (χ2n) is 9.21. The third-order valence-corrected chi connectivity index (χ3v) is 6.87. The average Bonchev–Trinajstić information content (AvgIpc) is 2.89. The minimum Gasteiger partial charge on any atom is -0.493 e. The van der Waals surface area contributed by atoms with Crippen LogP contribution in [0.4, 0.5) is 5.69 Å². The first-order chi connectivity index (χ1) is 18.3. The SMILES string of the molecule is COc1cc(C=NNC(=Nc2c(C)cc(Br)cc2Br)c2ccc3ccccc3n2)ccc1OCCC(C)C. The summed E-state index contributed by atoms with van der Waals surface area (Å²) in [6.45, 7) is 7.01. The molecule has 0 bridgehead atoms. The molecule has 196 valence electrons. The Morgan fingerprint density at radius 1 is 1.03 bits per heavy atom. The minimum atomic E-state index is 0.527. The lowest BCUT2D eigenvalue weighted by Crippen LogP contribution is -2.20. The van der Waals surface area contributed by atoms with Gasteiger partial charge in [0.2, 0.25) is 0 Å². The molecule has 0 aliphatic carbocycles. The van der Waals surface area contributed by atoms with Crippen molar-refractivity contribution in [1.29, 1.82) is 0 Å². The highest BCUT2D eigenvalue weighted by Crippen LogP contribution is 2.33. The number of para-hydroxylation sites is 1. The Kier molecular flexibility index (Phi) is 9.53. The van der Waals surface area contributed by atoms with Crippen molar-refractivity contribution in [2.24, 2.45) is 16.0 Å². The van der Waals surface area contributed by atoms with Crippen molar-refractivity contribution in [1.82, 2.24) is 10.4 Å². The van der Waals surface area contributed by atoms with Gasteiger partial charge >= 0.3 is 0 Å². The van der Waals surface area contributed by atoms with Gasteiger partial charge in [-0.3, -0.25) is 5.43 Å². The maximum atomic E-state index is 5.91. The molecule has 0 saturated carbocycles. The lowest BCUT2D eigenvalue weighted by atomic mass is 10.1. The average molecular weight is 638 g/mol. The Morgan fingerprint density at radius 2 is 1.84 bits per heavy atom. The van der Waals surface area contributed by atoms with Crippen molar-refractivity contribution in [3.8, 4) is 11.5 Å². The molecule has 1 heterocycles. The molecular weight excluding hydrogens is 608 g/mol. The number of aryl methyl sites for hydroxylation is 1. The Bertz CT molecular complexity index is 1460. The van der Waals surface area contributed by atoms with E-state index in [1.165, 1.54) is 0 Å². The van der Waals surface area contributed by atoms with Crippen molar-refractivity contribution in [3.63, 3.8) is 0 Å². The summed E-state index contributed by atoms with van der Waals surface area (Å²) in [6, 6.07) is 21.7. The van der Waals surface area contributed by atoms with Gasteiger partial charge in [0.1, 0.15) is 5.69 Å². The highest BCUT2D eigenvalue weighted by Gasteiger charge is 2.11. The van der Waals surface area contributed by atoms with Crippen molar-refractivity contribution in [2.45, 2.75) is 27.2 Å². The van der Waals surface area contributed by atoms with Crippen LogP contribution in [0.15, 0.2) is 85.8 Å². The number of ether oxygens (including phenoxy) is 2. The molecule has 4 rings (SSSR count). The summed E-state index contributed by atoms with van der Waals surface area (Å²) in [5.41, 5.74) is 7.35. The van der Waals surface area contributed by atoms with E-state index in [2.05, 4.69) is 56.2 Å². The summed E-state index contributed by atoms with van der Waals surface area (Å²) in [6.07, 6.45) is 2.70. The lowest BCUT2D eigenvalue weighted by Gasteiger charge is -2.12. The standard InChI is InChI=1S/C30H30Br2N4O2/c1-19(2)13-14-38-27-12-9-21(16-28(27)37-4)18-33-36-30(35-29-20(3)15-23(31)17-24(29)32)26-11-10-22-7-5-6-8-25(22)34-26/h5-12,15-19H,13-14H2,1-4H3,(H,35,36). The highest BCUT2D eigenvalue weighted by molar-refractivity contribution is 9.11. The van der Waals surface area contributed by atoms with E-state index in [0.29, 0.717) is 29.8 Å². The van der Waals surface area contributed by atoms with Crippen LogP contribution in [0.5, 0.6) is 11.5 Å². The van der Waals surface area contributed by atoms with E-state index >= 15 is 0 Å². The molecule has 0 atom stereocenters. The number of pyridine rings is 1. The fraction of sp³-hybridized carbons (Fsp3) is 0.233. The van der Waals surface area contributed by atoms with E-state index in [9.17, 15) is 0 Å². The van der Waals surface area contributed by atoms with Gasteiger partial charge < -0.3 is 9.47 Å². The maximum Gasteiger partial charge on any atom is 0.173 e. The first kappa shape index (κ1) is 27.8. The molecule has 6 nitrogen and oxygen atoms in total. The van der Waals surface area contributed by atoms with Crippen molar-refractivity contribution in [3.05, 3.63) is 92.5 Å². The number of fused-ring (bicyclic) bond motifs is 1. The number of aliphatic imine (C=N–C) groups is 1. The number of halogens is 2. The zero-order valence-corrected chi connectivity index (χ0v) is 25.0. The van der Waals surface area contributed by atoms with E-state index in [1.54, 1.807) is 13.3 Å². The van der Waals surface area contributed by atoms with Gasteiger partial charge in [-0.2, -0.15) is 5.10 Å². The minimum absolute atomic E-state index is 0.527. The predicted octanol–water partition coefficient (Wildman–Crippen LogP) is 8.20. The van der Waals surface area contributed by atoms with Crippen LogP contribution in [0.25, 0.3) is 10.9 Å². The topological polar surface area (TPSA) is 68.1 Å². The van der Waals surface area contributed by atoms with Gasteiger partial charge in [-0.15, -0.1) is 0 Å². The van der Waals surface area contributed by atoms with Crippen LogP contribution < -0.4 is 14.9 Å². The molecule has 38 heavy (non-hydrogen) atoms. The van der Waals surface area contributed by atoms with Gasteiger partial charge in [0.15, 0.2) is 17.3 Å². The van der Waals surface area contributed by atoms with Crippen LogP contribution in [-0.2, 0) is 0 Å². The number of hydrogen-bond acceptors (Lipinski definition) is 5. The van der Waals surface area contributed by atoms with E-state index in [0.717, 1.165) is 48.8 Å². The molecular formula is C30H30Br2N4O2. The Labute approximate surface area is 240 Å². The third-order valence-electron chi connectivity index (χ3n) is 5.81. The third kappa shape index (κ3) is 7.20. The zero-order chi connectivity index (χ0) is 27.1. The second kappa shape index (κ2) is 13.0. The van der Waals surface area contributed by atoms with Crippen LogP contribution in [-0.4, -0.2) is 30.8 Å². The number of hydrogen-bond donors (Lipinski definition) is 1. The number of amidine groups is 1. The molecule has 0 aliphatic heterocycles. The Morgan fingerprint density at radius 3 is 2.61 bits per heavy atom. The van der Waals surface area contributed by atoms with Crippen LogP contribution in [0.3, 0.4) is 0 Å². The zero-order valence-electron chi connectivity index (χ0n) is 21.8. The van der Waals surface area contributed by atoms with Crippen LogP contribution >= 0.6 is 31.9 Å². The van der Waals surface area contributed by atoms with E-state index in [4.69, 9.17) is 19.5 Å². The van der Waals surface area contributed by atoms with Gasteiger partial charge in [-0.25, -0.2) is 9.98 Å². The molecule has 3 aromatic carbocycles. The van der Waals surface area contributed by atoms with Crippen LogP contribution in [0.2, 0.25) is 0 Å². The molecule has 0 spiro atoms. The van der Waals surface area contributed by atoms with Crippen molar-refractivity contribution in [2.75, 3.05) is 13.7 Å². The van der Waals surface area contributed by atoms with Gasteiger partial charge in [-0.05, 0) is 88.8 Å². The summed E-state index contributed by atoms with van der Waals surface area (Å²) in [5.74, 6) is 2.49. The molecule has 0 fully saturated rings. The molecule has 0 amide bonds. The molecule has 0 aliphatic rings. The summed E-state index contributed by atoms with van der Waals surface area (Å²) < 4.78 is 13.3. The smallest absolute Gasteiger partial charge is 0.173 e. The predicted molar refractivity (Wildman–Crippen MR) is 163 cm³/mol. The fourth-order valence-electron chi connectivity index (χ4n) is 3.74. The Balaban J connectivity index is 1.63. The van der Waals surface area contributed by atoms with E-state index < -0.39 is 0 Å². The number of nitrogens with zero attached hydrogens (tertiary/aromatic N) is 3.